The molecule has 2 rings (SSSR count). The van der Waals surface area contributed by atoms with Gasteiger partial charge < -0.3 is 5.73 Å². The zero-order valence-corrected chi connectivity index (χ0v) is 15.2. The molecule has 0 aliphatic carbocycles. The Morgan fingerprint density at radius 3 is 2.33 bits per heavy atom. The Morgan fingerprint density at radius 2 is 1.81 bits per heavy atom. The molecule has 2 aromatic rings. The number of rotatable bonds is 3. The molecule has 2 heterocycles. The van der Waals surface area contributed by atoms with E-state index < -0.39 is 0 Å². The van der Waals surface area contributed by atoms with E-state index in [1.54, 1.807) is 11.3 Å². The van der Waals surface area contributed by atoms with Gasteiger partial charge in [-0.15, -0.1) is 16.4 Å². The fourth-order valence-electron chi connectivity index (χ4n) is 1.99. The molecule has 0 fully saturated rings. The molecule has 0 aliphatic heterocycles. The molecular weight excluding hydrogens is 300 g/mol. The van der Waals surface area contributed by atoms with Gasteiger partial charge in [0.1, 0.15) is 0 Å². The van der Waals surface area contributed by atoms with Crippen LogP contribution in [0.25, 0.3) is 0 Å². The fraction of sp³-hybridized carbons (Fsp3) is 0.667. The first kappa shape index (κ1) is 16.5. The second-order valence-electron chi connectivity index (χ2n) is 7.42. The zero-order valence-electron chi connectivity index (χ0n) is 13.6. The van der Waals surface area contributed by atoms with Crippen LogP contribution >= 0.6 is 22.9 Å². The first-order valence-electron chi connectivity index (χ1n) is 7.12. The van der Waals surface area contributed by atoms with Gasteiger partial charge in [0.25, 0.3) is 0 Å². The topological polar surface area (TPSA) is 64.7 Å². The van der Waals surface area contributed by atoms with E-state index in [0.29, 0.717) is 0 Å². The van der Waals surface area contributed by atoms with Gasteiger partial charge in [-0.2, -0.15) is 0 Å². The lowest BCUT2D eigenvalue weighted by atomic mass is 9.90. The second kappa shape index (κ2) is 5.74. The smallest absolute Gasteiger partial charge is 0.0947 e. The van der Waals surface area contributed by atoms with Crippen molar-refractivity contribution in [2.45, 2.75) is 64.8 Å². The number of hydrogen-bond donors (Lipinski definition) is 1. The normalized spacial score (nSPS) is 14.4. The summed E-state index contributed by atoms with van der Waals surface area (Å²) in [7, 11) is 0. The summed E-state index contributed by atoms with van der Waals surface area (Å²) in [5.41, 5.74) is 8.58. The highest BCUT2D eigenvalue weighted by Crippen LogP contribution is 2.32. The van der Waals surface area contributed by atoms with Crippen LogP contribution in [-0.4, -0.2) is 14.6 Å². The molecule has 4 nitrogen and oxygen atoms in total. The maximum absolute atomic E-state index is 6.38. The minimum absolute atomic E-state index is 0.0284. The van der Waals surface area contributed by atoms with Crippen LogP contribution in [0.3, 0.4) is 0 Å². The van der Waals surface area contributed by atoms with Gasteiger partial charge in [0.05, 0.1) is 21.3 Å². The highest BCUT2D eigenvalue weighted by molar-refractivity contribution is 7.09. The molecule has 0 aliphatic rings. The number of nitrogens with zero attached hydrogens (tertiary/aromatic N) is 3. The number of nitrogens with two attached hydrogens (primary N) is 1. The molecule has 6 heteroatoms. The molecule has 2 aromatic heterocycles. The van der Waals surface area contributed by atoms with Crippen molar-refractivity contribution >= 4 is 22.9 Å². The SMILES string of the molecule is CC(C)(C)c1csc(CC(N)c2snnc2C(C)(C)C)n1. The summed E-state index contributed by atoms with van der Waals surface area (Å²) in [4.78, 5) is 5.80. The van der Waals surface area contributed by atoms with E-state index in [-0.39, 0.29) is 16.9 Å². The summed E-state index contributed by atoms with van der Waals surface area (Å²) >= 11 is 3.09. The zero-order chi connectivity index (χ0) is 15.8. The predicted octanol–water partition coefficient (Wildman–Crippen LogP) is 3.83. The first-order chi connectivity index (χ1) is 9.59. The Bertz CT molecular complexity index is 602. The predicted molar refractivity (Wildman–Crippen MR) is 90.1 cm³/mol. The van der Waals surface area contributed by atoms with Crippen LogP contribution in [-0.2, 0) is 17.3 Å². The third kappa shape index (κ3) is 3.87. The van der Waals surface area contributed by atoms with Gasteiger partial charge in [0, 0.05) is 28.7 Å². The lowest BCUT2D eigenvalue weighted by Gasteiger charge is -2.19. The van der Waals surface area contributed by atoms with Crippen LogP contribution in [0.5, 0.6) is 0 Å². The van der Waals surface area contributed by atoms with Gasteiger partial charge >= 0.3 is 0 Å². The molecule has 0 bridgehead atoms. The summed E-state index contributed by atoms with van der Waals surface area (Å²) in [6.07, 6.45) is 0.744. The molecule has 1 atom stereocenters. The number of aromatic nitrogens is 3. The van der Waals surface area contributed by atoms with Crippen molar-refractivity contribution < 1.29 is 0 Å². The van der Waals surface area contributed by atoms with Gasteiger partial charge in [-0.05, 0) is 11.5 Å². The summed E-state index contributed by atoms with van der Waals surface area (Å²) in [5, 5.41) is 7.49. The number of thiazole rings is 1. The van der Waals surface area contributed by atoms with Crippen molar-refractivity contribution in [1.82, 2.24) is 14.6 Å². The van der Waals surface area contributed by atoms with Gasteiger partial charge in [-0.3, -0.25) is 0 Å². The van der Waals surface area contributed by atoms with E-state index >= 15 is 0 Å². The fourth-order valence-corrected chi connectivity index (χ4v) is 3.93. The third-order valence-electron chi connectivity index (χ3n) is 3.28. The quantitative estimate of drug-likeness (QED) is 0.932. The lowest BCUT2D eigenvalue weighted by Crippen LogP contribution is -2.20. The van der Waals surface area contributed by atoms with E-state index in [0.717, 1.165) is 27.7 Å². The van der Waals surface area contributed by atoms with Gasteiger partial charge in [0.15, 0.2) is 0 Å². The molecule has 21 heavy (non-hydrogen) atoms. The minimum Gasteiger partial charge on any atom is -0.323 e. The summed E-state index contributed by atoms with van der Waals surface area (Å²) in [6.45, 7) is 13.0. The van der Waals surface area contributed by atoms with E-state index in [4.69, 9.17) is 10.7 Å². The van der Waals surface area contributed by atoms with Crippen LogP contribution in [0.15, 0.2) is 5.38 Å². The molecule has 0 aromatic carbocycles. The maximum Gasteiger partial charge on any atom is 0.0947 e. The molecule has 0 saturated carbocycles. The summed E-state index contributed by atoms with van der Waals surface area (Å²) in [5.74, 6) is 0. The van der Waals surface area contributed by atoms with Crippen LogP contribution in [0.1, 0.15) is 68.9 Å². The Balaban J connectivity index is 2.17. The van der Waals surface area contributed by atoms with Gasteiger partial charge in [-0.1, -0.05) is 46.0 Å². The lowest BCUT2D eigenvalue weighted by molar-refractivity contribution is 0.548. The van der Waals surface area contributed by atoms with Crippen molar-refractivity contribution in [2.24, 2.45) is 5.73 Å². The number of hydrogen-bond acceptors (Lipinski definition) is 6. The van der Waals surface area contributed by atoms with Crippen molar-refractivity contribution in [3.05, 3.63) is 26.7 Å². The second-order valence-corrected chi connectivity index (χ2v) is 9.15. The van der Waals surface area contributed by atoms with Crippen LogP contribution in [0, 0.1) is 0 Å². The highest BCUT2D eigenvalue weighted by atomic mass is 32.1. The van der Waals surface area contributed by atoms with E-state index in [1.807, 2.05) is 0 Å². The molecule has 0 amide bonds. The monoisotopic (exact) mass is 324 g/mol. The molecule has 0 radical (unpaired) electrons. The Labute approximate surface area is 135 Å². The molecule has 0 saturated heterocycles. The summed E-state index contributed by atoms with van der Waals surface area (Å²) < 4.78 is 4.09. The van der Waals surface area contributed by atoms with Gasteiger partial charge in [-0.25, -0.2) is 4.98 Å². The summed E-state index contributed by atoms with van der Waals surface area (Å²) in [6, 6.07) is -0.0850. The Hall–Kier alpha value is -0.850. The van der Waals surface area contributed by atoms with Crippen LogP contribution in [0.2, 0.25) is 0 Å². The minimum atomic E-state index is -0.0850. The van der Waals surface area contributed by atoms with Crippen molar-refractivity contribution in [3.8, 4) is 0 Å². The van der Waals surface area contributed by atoms with Crippen LogP contribution < -0.4 is 5.73 Å². The van der Waals surface area contributed by atoms with Gasteiger partial charge in [0.2, 0.25) is 0 Å². The van der Waals surface area contributed by atoms with Crippen molar-refractivity contribution in [3.63, 3.8) is 0 Å². The average Bonchev–Trinajstić information content (AvgIpc) is 2.94. The highest BCUT2D eigenvalue weighted by Gasteiger charge is 2.26. The standard InChI is InChI=1S/C15H24N4S2/c1-14(2,3)10-8-20-11(17-10)7-9(16)12-13(15(4,5)6)18-19-21-12/h8-9H,7,16H2,1-6H3. The molecule has 1 unspecified atom stereocenters. The van der Waals surface area contributed by atoms with E-state index in [2.05, 4.69) is 56.5 Å². The molecule has 0 spiro atoms. The Morgan fingerprint density at radius 1 is 1.14 bits per heavy atom. The maximum atomic E-state index is 6.38. The first-order valence-corrected chi connectivity index (χ1v) is 8.77. The van der Waals surface area contributed by atoms with Crippen molar-refractivity contribution in [2.75, 3.05) is 0 Å². The molecular formula is C15H24N4S2. The van der Waals surface area contributed by atoms with Crippen LogP contribution in [0.4, 0.5) is 0 Å². The van der Waals surface area contributed by atoms with E-state index in [1.165, 1.54) is 11.5 Å². The average molecular weight is 325 g/mol. The van der Waals surface area contributed by atoms with E-state index in [9.17, 15) is 0 Å². The molecule has 2 N–H and O–H groups in total. The Kier molecular flexibility index (Phi) is 4.52. The molecule has 116 valence electrons. The third-order valence-corrected chi connectivity index (χ3v) is 5.00. The van der Waals surface area contributed by atoms with Crippen molar-refractivity contribution in [1.29, 1.82) is 0 Å². The largest absolute Gasteiger partial charge is 0.323 e.